The lowest BCUT2D eigenvalue weighted by Crippen LogP contribution is -2.48. The fourth-order valence-corrected chi connectivity index (χ4v) is 5.18. The first-order valence-corrected chi connectivity index (χ1v) is 12.0. The number of carbonyl (C=O) groups is 1. The molecule has 0 spiro atoms. The summed E-state index contributed by atoms with van der Waals surface area (Å²) in [5, 5.41) is 3.37. The summed E-state index contributed by atoms with van der Waals surface area (Å²) < 4.78 is 47.0. The number of likely N-dealkylation sites (N-methyl/N-ethyl adjacent to an activating group) is 1. The lowest BCUT2D eigenvalue weighted by Gasteiger charge is -2.39. The minimum Gasteiger partial charge on any atom is -0.467 e. The first-order valence-electron chi connectivity index (χ1n) is 10.1. The van der Waals surface area contributed by atoms with Crippen LogP contribution < -0.4 is 10.0 Å². The van der Waals surface area contributed by atoms with Gasteiger partial charge < -0.3 is 10.1 Å². The van der Waals surface area contributed by atoms with Crippen molar-refractivity contribution < 1.29 is 22.3 Å². The molecule has 1 saturated carbocycles. The Labute approximate surface area is 191 Å². The van der Waals surface area contributed by atoms with Crippen LogP contribution in [-0.2, 0) is 19.6 Å². The number of nitrogens with one attached hydrogen (secondary N) is 2. The van der Waals surface area contributed by atoms with Crippen LogP contribution in [0.3, 0.4) is 0 Å². The summed E-state index contributed by atoms with van der Waals surface area (Å²) in [5.74, 6) is -0.914. The van der Waals surface area contributed by atoms with Gasteiger partial charge in [0.05, 0.1) is 10.7 Å². The summed E-state index contributed by atoms with van der Waals surface area (Å²) >= 11 is 6.34. The number of nitrogens with zero attached hydrogens (tertiary/aromatic N) is 3. The van der Waals surface area contributed by atoms with E-state index >= 15 is 0 Å². The normalized spacial score (nSPS) is 18.9. The SMILES string of the molecule is CN(CCOC=O)[C@H]1CCCC[C@@H]1Nc1cc(F)c(S(=O)(=O)Nc2ccncn2)cc1Cl. The molecule has 1 aromatic heterocycles. The lowest BCUT2D eigenvalue weighted by molar-refractivity contribution is -0.129. The van der Waals surface area contributed by atoms with Crippen LogP contribution in [0.15, 0.2) is 35.6 Å². The highest BCUT2D eigenvalue weighted by Gasteiger charge is 2.29. The topological polar surface area (TPSA) is 114 Å². The second kappa shape index (κ2) is 10.9. The van der Waals surface area contributed by atoms with Crippen molar-refractivity contribution in [2.24, 2.45) is 0 Å². The molecule has 1 heterocycles. The van der Waals surface area contributed by atoms with E-state index in [1.165, 1.54) is 18.6 Å². The molecule has 2 atom stereocenters. The number of anilines is 2. The first kappa shape index (κ1) is 24.1. The first-order chi connectivity index (χ1) is 15.3. The predicted octanol–water partition coefficient (Wildman–Crippen LogP) is 2.90. The zero-order valence-electron chi connectivity index (χ0n) is 17.5. The van der Waals surface area contributed by atoms with E-state index < -0.39 is 20.7 Å². The molecule has 0 saturated heterocycles. The third-order valence-corrected chi connectivity index (χ3v) is 7.08. The Bertz CT molecular complexity index is 1030. The van der Waals surface area contributed by atoms with Gasteiger partial charge in [0.15, 0.2) is 0 Å². The Morgan fingerprint density at radius 3 is 2.84 bits per heavy atom. The molecular formula is C20H25ClFN5O4S. The molecule has 0 bridgehead atoms. The Morgan fingerprint density at radius 1 is 1.34 bits per heavy atom. The molecule has 2 aromatic rings. The lowest BCUT2D eigenvalue weighted by atomic mass is 9.89. The molecule has 12 heteroatoms. The van der Waals surface area contributed by atoms with E-state index in [4.69, 9.17) is 16.3 Å². The van der Waals surface area contributed by atoms with Crippen LogP contribution >= 0.6 is 11.6 Å². The van der Waals surface area contributed by atoms with E-state index in [-0.39, 0.29) is 29.5 Å². The summed E-state index contributed by atoms with van der Waals surface area (Å²) in [5.41, 5.74) is 0.319. The van der Waals surface area contributed by atoms with E-state index in [2.05, 4.69) is 24.9 Å². The average Bonchev–Trinajstić information content (AvgIpc) is 2.77. The molecule has 0 radical (unpaired) electrons. The fourth-order valence-electron chi connectivity index (χ4n) is 3.81. The van der Waals surface area contributed by atoms with Crippen LogP contribution in [0.4, 0.5) is 15.9 Å². The van der Waals surface area contributed by atoms with E-state index in [1.807, 2.05) is 7.05 Å². The third-order valence-electron chi connectivity index (χ3n) is 5.40. The van der Waals surface area contributed by atoms with Crippen molar-refractivity contribution in [2.45, 2.75) is 42.7 Å². The zero-order chi connectivity index (χ0) is 23.1. The van der Waals surface area contributed by atoms with Gasteiger partial charge in [-0.05, 0) is 38.1 Å². The molecule has 0 amide bonds. The number of sulfonamides is 1. The predicted molar refractivity (Wildman–Crippen MR) is 119 cm³/mol. The summed E-state index contributed by atoms with van der Waals surface area (Å²) in [6, 6.07) is 3.64. The molecule has 32 heavy (non-hydrogen) atoms. The highest BCUT2D eigenvalue weighted by molar-refractivity contribution is 7.92. The Hall–Kier alpha value is -2.50. The smallest absolute Gasteiger partial charge is 0.293 e. The number of halogens is 2. The van der Waals surface area contributed by atoms with Crippen LogP contribution in [-0.4, -0.2) is 62.0 Å². The Kier molecular flexibility index (Phi) is 8.21. The Balaban J connectivity index is 1.77. The maximum Gasteiger partial charge on any atom is 0.293 e. The molecule has 3 rings (SSSR count). The van der Waals surface area contributed by atoms with Gasteiger partial charge in [0.1, 0.15) is 29.5 Å². The zero-order valence-corrected chi connectivity index (χ0v) is 19.1. The van der Waals surface area contributed by atoms with Gasteiger partial charge in [0.2, 0.25) is 0 Å². The Morgan fingerprint density at radius 2 is 2.12 bits per heavy atom. The highest BCUT2D eigenvalue weighted by atomic mass is 35.5. The van der Waals surface area contributed by atoms with Gasteiger partial charge >= 0.3 is 0 Å². The monoisotopic (exact) mass is 485 g/mol. The highest BCUT2D eigenvalue weighted by Crippen LogP contribution is 2.32. The number of carbonyl (C=O) groups excluding carboxylic acids is 1. The summed E-state index contributed by atoms with van der Waals surface area (Å²) in [6.45, 7) is 1.27. The molecule has 174 valence electrons. The summed E-state index contributed by atoms with van der Waals surface area (Å²) in [7, 11) is -2.29. The number of hydrogen-bond acceptors (Lipinski definition) is 8. The van der Waals surface area contributed by atoms with Crippen LogP contribution in [0.25, 0.3) is 0 Å². The number of rotatable bonds is 10. The molecule has 1 aliphatic carbocycles. The van der Waals surface area contributed by atoms with Gasteiger partial charge in [-0.25, -0.2) is 22.8 Å². The number of aromatic nitrogens is 2. The van der Waals surface area contributed by atoms with Gasteiger partial charge in [-0.3, -0.25) is 14.4 Å². The largest absolute Gasteiger partial charge is 0.467 e. The van der Waals surface area contributed by atoms with Gasteiger partial charge in [-0.1, -0.05) is 24.4 Å². The molecule has 1 fully saturated rings. The molecule has 0 unspecified atom stereocenters. The second-order valence-electron chi connectivity index (χ2n) is 7.51. The van der Waals surface area contributed by atoms with Gasteiger partial charge in [-0.15, -0.1) is 0 Å². The molecule has 9 nitrogen and oxygen atoms in total. The quantitative estimate of drug-likeness (QED) is 0.390. The number of hydrogen-bond donors (Lipinski definition) is 2. The van der Waals surface area contributed by atoms with E-state index in [0.29, 0.717) is 18.7 Å². The van der Waals surface area contributed by atoms with Crippen molar-refractivity contribution in [2.75, 3.05) is 30.2 Å². The third kappa shape index (κ3) is 6.05. The van der Waals surface area contributed by atoms with Crippen LogP contribution in [0.5, 0.6) is 0 Å². The van der Waals surface area contributed by atoms with Crippen molar-refractivity contribution in [3.8, 4) is 0 Å². The van der Waals surface area contributed by atoms with Gasteiger partial charge in [0.25, 0.3) is 16.5 Å². The average molecular weight is 486 g/mol. The number of benzene rings is 1. The van der Waals surface area contributed by atoms with Crippen molar-refractivity contribution in [1.82, 2.24) is 14.9 Å². The minimum atomic E-state index is -4.23. The second-order valence-corrected chi connectivity index (χ2v) is 9.57. The minimum absolute atomic E-state index is 0.0179. The van der Waals surface area contributed by atoms with Crippen molar-refractivity contribution in [3.05, 3.63) is 41.6 Å². The van der Waals surface area contributed by atoms with Crippen LogP contribution in [0.2, 0.25) is 5.02 Å². The standard InChI is InChI=1S/C20H25ClFN5O4S/c1-27(8-9-31-13-28)18-5-3-2-4-16(18)25-17-11-15(22)19(10-14(17)21)32(29,30)26-20-6-7-23-12-24-20/h6-7,10-13,16,18,25H,2-5,8-9H2,1H3,(H,23,24,26)/t16-,18-/m0/s1. The number of ether oxygens (including phenoxy) is 1. The summed E-state index contributed by atoms with van der Waals surface area (Å²) in [6.07, 6.45) is 6.36. The molecule has 2 N–H and O–H groups in total. The molecular weight excluding hydrogens is 461 g/mol. The molecule has 0 aliphatic heterocycles. The van der Waals surface area contributed by atoms with E-state index in [9.17, 15) is 17.6 Å². The molecule has 1 aromatic carbocycles. The van der Waals surface area contributed by atoms with Gasteiger partial charge in [0, 0.05) is 24.8 Å². The fraction of sp³-hybridized carbons (Fsp3) is 0.450. The van der Waals surface area contributed by atoms with Crippen LogP contribution in [0, 0.1) is 5.82 Å². The summed E-state index contributed by atoms with van der Waals surface area (Å²) in [4.78, 5) is 19.4. The maximum atomic E-state index is 14.8. The van der Waals surface area contributed by atoms with E-state index in [0.717, 1.165) is 37.8 Å². The molecule has 1 aliphatic rings. The van der Waals surface area contributed by atoms with Crippen molar-refractivity contribution >= 4 is 39.6 Å². The van der Waals surface area contributed by atoms with Crippen LogP contribution in [0.1, 0.15) is 25.7 Å². The van der Waals surface area contributed by atoms with Gasteiger partial charge in [-0.2, -0.15) is 0 Å². The van der Waals surface area contributed by atoms with Crippen molar-refractivity contribution in [1.29, 1.82) is 0 Å². The van der Waals surface area contributed by atoms with E-state index in [1.54, 1.807) is 0 Å². The van der Waals surface area contributed by atoms with Crippen molar-refractivity contribution in [3.63, 3.8) is 0 Å². The maximum absolute atomic E-state index is 14.8.